The molecule has 1 fully saturated rings. The number of aryl methyl sites for hydroxylation is 1. The van der Waals surface area contributed by atoms with Crippen molar-refractivity contribution < 1.29 is 18.4 Å². The zero-order chi connectivity index (χ0) is 18.7. The molecular formula is C16H19F2N5O3. The minimum Gasteiger partial charge on any atom is -0.427 e. The van der Waals surface area contributed by atoms with E-state index in [1.165, 1.54) is 18.2 Å². The number of piperidine rings is 1. The first-order chi connectivity index (χ1) is 12.4. The number of ether oxygens (including phenoxy) is 1. The lowest BCUT2D eigenvalue weighted by Gasteiger charge is -2.34. The number of hydrogen-bond acceptors (Lipinski definition) is 6. The van der Waals surface area contributed by atoms with Gasteiger partial charge in [0.1, 0.15) is 0 Å². The number of nitrogens with zero attached hydrogens (tertiary/aromatic N) is 4. The van der Waals surface area contributed by atoms with E-state index in [9.17, 15) is 18.9 Å². The highest BCUT2D eigenvalue weighted by molar-refractivity contribution is 5.58. The number of aromatic nitrogens is 2. The molecule has 1 atom stereocenters. The lowest BCUT2D eigenvalue weighted by atomic mass is 10.0. The Hall–Kier alpha value is -2.91. The lowest BCUT2D eigenvalue weighted by Crippen LogP contribution is -2.42. The monoisotopic (exact) mass is 367 g/mol. The van der Waals surface area contributed by atoms with E-state index < -0.39 is 23.0 Å². The van der Waals surface area contributed by atoms with E-state index in [1.807, 2.05) is 13.2 Å². The van der Waals surface area contributed by atoms with Crippen LogP contribution in [-0.2, 0) is 7.05 Å². The zero-order valence-electron chi connectivity index (χ0n) is 14.1. The molecule has 1 aromatic carbocycles. The van der Waals surface area contributed by atoms with Gasteiger partial charge < -0.3 is 15.0 Å². The molecule has 140 valence electrons. The van der Waals surface area contributed by atoms with E-state index in [2.05, 4.69) is 20.1 Å². The summed E-state index contributed by atoms with van der Waals surface area (Å²) in [5, 5.41) is 18.4. The molecule has 2 aromatic rings. The standard InChI is InChI=1S/C16H19F2N5O3/c1-21-10-13(8-19-21)22-6-2-3-12(9-22)20-11-4-5-14(23(24)25)15(7-11)26-16(17)18/h4-5,7-8,10,12,16,20H,2-3,6,9H2,1H3. The predicted molar refractivity (Wildman–Crippen MR) is 91.8 cm³/mol. The number of hydrogen-bond donors (Lipinski definition) is 1. The van der Waals surface area contributed by atoms with E-state index >= 15 is 0 Å². The van der Waals surface area contributed by atoms with Gasteiger partial charge in [0.2, 0.25) is 5.75 Å². The molecule has 1 aliphatic rings. The van der Waals surface area contributed by atoms with Crippen LogP contribution in [0.15, 0.2) is 30.6 Å². The van der Waals surface area contributed by atoms with Crippen molar-refractivity contribution >= 4 is 17.1 Å². The van der Waals surface area contributed by atoms with E-state index in [4.69, 9.17) is 0 Å². The van der Waals surface area contributed by atoms with Gasteiger partial charge in [-0.2, -0.15) is 13.9 Å². The van der Waals surface area contributed by atoms with Gasteiger partial charge in [0, 0.05) is 50.2 Å². The number of alkyl halides is 2. The van der Waals surface area contributed by atoms with E-state index in [1.54, 1.807) is 10.9 Å². The summed E-state index contributed by atoms with van der Waals surface area (Å²) in [4.78, 5) is 12.4. The Labute approximate surface area is 148 Å². The van der Waals surface area contributed by atoms with Gasteiger partial charge in [-0.1, -0.05) is 0 Å². The second kappa shape index (κ2) is 7.54. The number of benzene rings is 1. The quantitative estimate of drug-likeness (QED) is 0.624. The maximum absolute atomic E-state index is 12.5. The van der Waals surface area contributed by atoms with Crippen LogP contribution < -0.4 is 15.0 Å². The number of nitrogens with one attached hydrogen (secondary N) is 1. The van der Waals surface area contributed by atoms with Crippen molar-refractivity contribution in [3.05, 3.63) is 40.7 Å². The van der Waals surface area contributed by atoms with Crippen molar-refractivity contribution in [2.75, 3.05) is 23.3 Å². The summed E-state index contributed by atoms with van der Waals surface area (Å²) in [5.41, 5.74) is 1.03. The van der Waals surface area contributed by atoms with Gasteiger partial charge >= 0.3 is 12.3 Å². The Morgan fingerprint density at radius 3 is 2.92 bits per heavy atom. The third-order valence-corrected chi connectivity index (χ3v) is 4.22. The van der Waals surface area contributed by atoms with Gasteiger partial charge in [-0.15, -0.1) is 0 Å². The molecule has 2 heterocycles. The second-order valence-electron chi connectivity index (χ2n) is 6.12. The fourth-order valence-corrected chi connectivity index (χ4v) is 3.08. The highest BCUT2D eigenvalue weighted by Gasteiger charge is 2.23. The van der Waals surface area contributed by atoms with Crippen LogP contribution >= 0.6 is 0 Å². The van der Waals surface area contributed by atoms with Crippen LogP contribution in [0.4, 0.5) is 25.8 Å². The minimum atomic E-state index is -3.13. The van der Waals surface area contributed by atoms with Crippen molar-refractivity contribution in [1.29, 1.82) is 0 Å². The van der Waals surface area contributed by atoms with Crippen LogP contribution in [0.1, 0.15) is 12.8 Å². The summed E-state index contributed by atoms with van der Waals surface area (Å²) in [6, 6.07) is 3.99. The fourth-order valence-electron chi connectivity index (χ4n) is 3.08. The molecule has 0 aliphatic carbocycles. The highest BCUT2D eigenvalue weighted by Crippen LogP contribution is 2.32. The van der Waals surface area contributed by atoms with Crippen molar-refractivity contribution in [2.45, 2.75) is 25.5 Å². The van der Waals surface area contributed by atoms with Crippen molar-refractivity contribution in [3.8, 4) is 5.75 Å². The smallest absolute Gasteiger partial charge is 0.387 e. The lowest BCUT2D eigenvalue weighted by molar-refractivity contribution is -0.386. The first-order valence-electron chi connectivity index (χ1n) is 8.16. The average molecular weight is 367 g/mol. The number of anilines is 2. The van der Waals surface area contributed by atoms with Gasteiger partial charge in [0.25, 0.3) is 0 Å². The van der Waals surface area contributed by atoms with Gasteiger partial charge in [0.15, 0.2) is 0 Å². The molecule has 0 spiro atoms. The van der Waals surface area contributed by atoms with Gasteiger partial charge in [-0.25, -0.2) is 0 Å². The molecule has 1 unspecified atom stereocenters. The molecule has 1 saturated heterocycles. The number of halogens is 2. The molecule has 0 bridgehead atoms. The van der Waals surface area contributed by atoms with Crippen LogP contribution in [0.25, 0.3) is 0 Å². The Morgan fingerprint density at radius 2 is 2.27 bits per heavy atom. The first-order valence-corrected chi connectivity index (χ1v) is 8.16. The van der Waals surface area contributed by atoms with Gasteiger partial charge in [-0.3, -0.25) is 14.8 Å². The molecule has 0 radical (unpaired) electrons. The fraction of sp³-hybridized carbons (Fsp3) is 0.438. The van der Waals surface area contributed by atoms with E-state index in [0.29, 0.717) is 12.2 Å². The molecule has 10 heteroatoms. The van der Waals surface area contributed by atoms with Crippen LogP contribution in [0.2, 0.25) is 0 Å². The normalized spacial score (nSPS) is 17.4. The van der Waals surface area contributed by atoms with Gasteiger partial charge in [0.05, 0.1) is 16.8 Å². The molecule has 1 aliphatic heterocycles. The topological polar surface area (TPSA) is 85.5 Å². The summed E-state index contributed by atoms with van der Waals surface area (Å²) >= 11 is 0. The average Bonchev–Trinajstić information content (AvgIpc) is 3.01. The highest BCUT2D eigenvalue weighted by atomic mass is 19.3. The van der Waals surface area contributed by atoms with Crippen LogP contribution in [0, 0.1) is 10.1 Å². The largest absolute Gasteiger partial charge is 0.427 e. The van der Waals surface area contributed by atoms with Crippen molar-refractivity contribution in [2.24, 2.45) is 7.05 Å². The van der Waals surface area contributed by atoms with Crippen LogP contribution in [0.5, 0.6) is 5.75 Å². The van der Waals surface area contributed by atoms with E-state index in [0.717, 1.165) is 25.1 Å². The first kappa shape index (κ1) is 17.9. The maximum atomic E-state index is 12.5. The molecule has 0 amide bonds. The Bertz CT molecular complexity index is 783. The second-order valence-corrected chi connectivity index (χ2v) is 6.12. The van der Waals surface area contributed by atoms with E-state index in [-0.39, 0.29) is 6.04 Å². The summed E-state index contributed by atoms with van der Waals surface area (Å²) in [5.74, 6) is -0.449. The zero-order valence-corrected chi connectivity index (χ0v) is 14.1. The molecule has 1 aromatic heterocycles. The Kier molecular flexibility index (Phi) is 5.19. The summed E-state index contributed by atoms with van der Waals surface area (Å²) < 4.78 is 31.1. The number of nitro groups is 1. The third kappa shape index (κ3) is 4.19. The SMILES string of the molecule is Cn1cc(N2CCCC(Nc3ccc([N+](=O)[O-])c(OC(F)F)c3)C2)cn1. The molecular weight excluding hydrogens is 348 g/mol. The third-order valence-electron chi connectivity index (χ3n) is 4.22. The Morgan fingerprint density at radius 1 is 1.46 bits per heavy atom. The predicted octanol–water partition coefficient (Wildman–Crippen LogP) is 3.01. The van der Waals surface area contributed by atoms with Crippen LogP contribution in [0.3, 0.4) is 0 Å². The Balaban J connectivity index is 1.72. The summed E-state index contributed by atoms with van der Waals surface area (Å²) in [6.45, 7) is -1.50. The van der Waals surface area contributed by atoms with Crippen LogP contribution in [-0.4, -0.2) is 40.4 Å². The number of rotatable bonds is 6. The minimum absolute atomic E-state index is 0.0739. The summed E-state index contributed by atoms with van der Waals surface area (Å²) in [6.07, 6.45) is 5.59. The molecule has 0 saturated carbocycles. The number of nitro benzene ring substituents is 1. The molecule has 1 N–H and O–H groups in total. The van der Waals surface area contributed by atoms with Crippen molar-refractivity contribution in [3.63, 3.8) is 0 Å². The molecule has 8 nitrogen and oxygen atoms in total. The summed E-state index contributed by atoms with van der Waals surface area (Å²) in [7, 11) is 1.85. The molecule has 26 heavy (non-hydrogen) atoms. The molecule has 3 rings (SSSR count). The van der Waals surface area contributed by atoms with Crippen molar-refractivity contribution in [1.82, 2.24) is 9.78 Å². The van der Waals surface area contributed by atoms with Gasteiger partial charge in [-0.05, 0) is 18.9 Å². The maximum Gasteiger partial charge on any atom is 0.387 e.